The van der Waals surface area contributed by atoms with Crippen molar-refractivity contribution in [3.63, 3.8) is 0 Å². The molecule has 0 atom stereocenters. The van der Waals surface area contributed by atoms with E-state index >= 15 is 0 Å². The zero-order chi connectivity index (χ0) is 16.4. The number of aryl methyl sites for hydroxylation is 1. The van der Waals surface area contributed by atoms with Gasteiger partial charge in [0.1, 0.15) is 6.54 Å². The van der Waals surface area contributed by atoms with Gasteiger partial charge in [0.05, 0.1) is 10.5 Å². The number of benzene rings is 1. The Morgan fingerprint density at radius 2 is 1.90 bits per heavy atom. The molecular formula is C12H13ClF3NO3S. The predicted octanol–water partition coefficient (Wildman–Crippen LogP) is 2.95. The van der Waals surface area contributed by atoms with Crippen molar-refractivity contribution < 1.29 is 26.4 Å². The zero-order valence-electron chi connectivity index (χ0n) is 11.2. The predicted molar refractivity (Wildman–Crippen MR) is 71.9 cm³/mol. The van der Waals surface area contributed by atoms with Gasteiger partial charge in [-0.05, 0) is 26.0 Å². The number of rotatable bonds is 4. The third-order valence-electron chi connectivity index (χ3n) is 2.67. The molecular weight excluding hydrogens is 331 g/mol. The highest BCUT2D eigenvalue weighted by molar-refractivity contribution is 8.13. The van der Waals surface area contributed by atoms with Crippen molar-refractivity contribution in [2.75, 3.05) is 13.1 Å². The van der Waals surface area contributed by atoms with E-state index < -0.39 is 32.6 Å². The Morgan fingerprint density at radius 3 is 2.33 bits per heavy atom. The van der Waals surface area contributed by atoms with Crippen LogP contribution in [0.15, 0.2) is 23.1 Å². The molecule has 1 aromatic rings. The topological polar surface area (TPSA) is 54.5 Å². The third kappa shape index (κ3) is 4.89. The number of halogens is 4. The lowest BCUT2D eigenvalue weighted by atomic mass is 10.1. The first-order chi connectivity index (χ1) is 9.45. The van der Waals surface area contributed by atoms with Crippen LogP contribution in [0.3, 0.4) is 0 Å². The third-order valence-corrected chi connectivity index (χ3v) is 4.05. The van der Waals surface area contributed by atoms with Crippen LogP contribution >= 0.6 is 10.7 Å². The van der Waals surface area contributed by atoms with Gasteiger partial charge in [-0.15, -0.1) is 0 Å². The van der Waals surface area contributed by atoms with Gasteiger partial charge < -0.3 is 4.90 Å². The maximum absolute atomic E-state index is 12.4. The van der Waals surface area contributed by atoms with Crippen molar-refractivity contribution >= 4 is 25.6 Å². The summed E-state index contributed by atoms with van der Waals surface area (Å²) in [7, 11) is 0.983. The summed E-state index contributed by atoms with van der Waals surface area (Å²) in [5.74, 6) is -1.03. The van der Waals surface area contributed by atoms with E-state index in [9.17, 15) is 26.4 Å². The summed E-state index contributed by atoms with van der Waals surface area (Å²) >= 11 is 0. The van der Waals surface area contributed by atoms with Crippen LogP contribution < -0.4 is 0 Å². The molecule has 1 aromatic carbocycles. The average molecular weight is 344 g/mol. The van der Waals surface area contributed by atoms with Crippen molar-refractivity contribution in [1.29, 1.82) is 0 Å². The van der Waals surface area contributed by atoms with Gasteiger partial charge in [0.15, 0.2) is 0 Å². The molecule has 0 N–H and O–H groups in total. The lowest BCUT2D eigenvalue weighted by molar-refractivity contribution is -0.140. The fraction of sp³-hybridized carbons (Fsp3) is 0.417. The van der Waals surface area contributed by atoms with E-state index in [1.165, 1.54) is 19.1 Å². The molecule has 1 amide bonds. The van der Waals surface area contributed by atoms with E-state index in [0.717, 1.165) is 6.07 Å². The van der Waals surface area contributed by atoms with Crippen LogP contribution in [0.5, 0.6) is 0 Å². The monoisotopic (exact) mass is 343 g/mol. The Balaban J connectivity index is 3.31. The van der Waals surface area contributed by atoms with E-state index in [1.807, 2.05) is 0 Å². The minimum Gasteiger partial charge on any atom is -0.330 e. The molecule has 0 fully saturated rings. The van der Waals surface area contributed by atoms with Crippen LogP contribution in [0.4, 0.5) is 13.2 Å². The molecule has 0 bridgehead atoms. The molecule has 0 aromatic heterocycles. The second-order valence-corrected chi connectivity index (χ2v) is 6.91. The maximum Gasteiger partial charge on any atom is 0.406 e. The number of alkyl halides is 3. The summed E-state index contributed by atoms with van der Waals surface area (Å²) in [5, 5.41) is 0. The van der Waals surface area contributed by atoms with E-state index in [0.29, 0.717) is 10.5 Å². The fourth-order valence-corrected chi connectivity index (χ4v) is 2.78. The number of carbonyl (C=O) groups is 1. The SMILES string of the molecule is CCN(CC(F)(F)F)C(=O)c1cc(C)ccc1S(=O)(=O)Cl. The highest BCUT2D eigenvalue weighted by atomic mass is 35.7. The van der Waals surface area contributed by atoms with Crippen LogP contribution in [0, 0.1) is 6.92 Å². The summed E-state index contributed by atoms with van der Waals surface area (Å²) in [5.41, 5.74) is 0.168. The summed E-state index contributed by atoms with van der Waals surface area (Å²) in [6, 6.07) is 3.72. The molecule has 0 unspecified atom stereocenters. The number of hydrogen-bond donors (Lipinski definition) is 0. The average Bonchev–Trinajstić information content (AvgIpc) is 2.32. The number of amides is 1. The van der Waals surface area contributed by atoms with Crippen molar-refractivity contribution in [2.24, 2.45) is 0 Å². The van der Waals surface area contributed by atoms with Crippen LogP contribution in [-0.4, -0.2) is 38.5 Å². The molecule has 0 radical (unpaired) electrons. The van der Waals surface area contributed by atoms with Gasteiger partial charge in [-0.2, -0.15) is 13.2 Å². The van der Waals surface area contributed by atoms with Gasteiger partial charge in [0, 0.05) is 17.2 Å². The zero-order valence-corrected chi connectivity index (χ0v) is 12.8. The van der Waals surface area contributed by atoms with E-state index in [4.69, 9.17) is 10.7 Å². The molecule has 9 heteroatoms. The highest BCUT2D eigenvalue weighted by Crippen LogP contribution is 2.24. The second kappa shape index (κ2) is 6.23. The Hall–Kier alpha value is -1.28. The van der Waals surface area contributed by atoms with E-state index in [-0.39, 0.29) is 12.1 Å². The second-order valence-electron chi connectivity index (χ2n) is 4.37. The van der Waals surface area contributed by atoms with Crippen LogP contribution in [0.2, 0.25) is 0 Å². The smallest absolute Gasteiger partial charge is 0.330 e. The molecule has 0 saturated heterocycles. The fourth-order valence-electron chi connectivity index (χ4n) is 1.74. The first-order valence-corrected chi connectivity index (χ1v) is 8.18. The molecule has 0 spiro atoms. The maximum atomic E-state index is 12.4. The summed E-state index contributed by atoms with van der Waals surface area (Å²) in [6.45, 7) is 1.28. The van der Waals surface area contributed by atoms with Crippen LogP contribution in [0.1, 0.15) is 22.8 Å². The molecule has 4 nitrogen and oxygen atoms in total. The molecule has 21 heavy (non-hydrogen) atoms. The minimum atomic E-state index is -4.57. The van der Waals surface area contributed by atoms with Gasteiger partial charge >= 0.3 is 6.18 Å². The normalized spacial score (nSPS) is 12.3. The Bertz CT molecular complexity index is 644. The lowest BCUT2D eigenvalue weighted by Gasteiger charge is -2.23. The largest absolute Gasteiger partial charge is 0.406 e. The molecule has 0 aliphatic rings. The number of carbonyl (C=O) groups excluding carboxylic acids is 1. The Morgan fingerprint density at radius 1 is 1.33 bits per heavy atom. The quantitative estimate of drug-likeness (QED) is 0.790. The van der Waals surface area contributed by atoms with Crippen molar-refractivity contribution in [3.8, 4) is 0 Å². The Labute approximate surface area is 124 Å². The molecule has 0 aliphatic heterocycles. The van der Waals surface area contributed by atoms with Gasteiger partial charge in [0.25, 0.3) is 15.0 Å². The molecule has 1 rings (SSSR count). The van der Waals surface area contributed by atoms with Crippen molar-refractivity contribution in [2.45, 2.75) is 24.9 Å². The number of hydrogen-bond acceptors (Lipinski definition) is 3. The summed E-state index contributed by atoms with van der Waals surface area (Å²) in [4.78, 5) is 12.2. The first kappa shape index (κ1) is 17.8. The standard InChI is InChI=1S/C12H13ClF3NO3S/c1-3-17(7-12(14,15)16)11(18)9-6-8(2)4-5-10(9)21(13,19)20/h4-6H,3,7H2,1-2H3. The number of nitrogens with zero attached hydrogens (tertiary/aromatic N) is 1. The summed E-state index contributed by atoms with van der Waals surface area (Å²) in [6.07, 6.45) is -4.57. The Kier molecular flexibility index (Phi) is 5.27. The highest BCUT2D eigenvalue weighted by Gasteiger charge is 2.34. The van der Waals surface area contributed by atoms with Crippen LogP contribution in [-0.2, 0) is 9.05 Å². The molecule has 118 valence electrons. The van der Waals surface area contributed by atoms with Gasteiger partial charge in [-0.25, -0.2) is 8.42 Å². The van der Waals surface area contributed by atoms with E-state index in [2.05, 4.69) is 0 Å². The minimum absolute atomic E-state index is 0.214. The lowest BCUT2D eigenvalue weighted by Crippen LogP contribution is -2.39. The molecule has 0 aliphatic carbocycles. The summed E-state index contributed by atoms with van der Waals surface area (Å²) < 4.78 is 60.2. The van der Waals surface area contributed by atoms with Gasteiger partial charge in [-0.3, -0.25) is 4.79 Å². The van der Waals surface area contributed by atoms with Gasteiger partial charge in [-0.1, -0.05) is 11.6 Å². The van der Waals surface area contributed by atoms with Crippen LogP contribution in [0.25, 0.3) is 0 Å². The van der Waals surface area contributed by atoms with E-state index in [1.54, 1.807) is 6.92 Å². The first-order valence-electron chi connectivity index (χ1n) is 5.87. The molecule has 0 heterocycles. The van der Waals surface area contributed by atoms with Crippen molar-refractivity contribution in [3.05, 3.63) is 29.3 Å². The van der Waals surface area contributed by atoms with Crippen molar-refractivity contribution in [1.82, 2.24) is 4.90 Å². The van der Waals surface area contributed by atoms with Gasteiger partial charge in [0.2, 0.25) is 0 Å². The molecule has 0 saturated carbocycles.